The van der Waals surface area contributed by atoms with Crippen molar-refractivity contribution in [3.8, 4) is 0 Å². The SMILES string of the molecule is C=CCC(NC=O)C(=O)N/C(=N/N)NN.CC.CC(C)C.CC1CCCN1C(=O)CN. The fourth-order valence-corrected chi connectivity index (χ4v) is 2.23. The van der Waals surface area contributed by atoms with Gasteiger partial charge in [0.25, 0.3) is 0 Å². The van der Waals surface area contributed by atoms with Gasteiger partial charge in [0.1, 0.15) is 6.04 Å². The lowest BCUT2D eigenvalue weighted by molar-refractivity contribution is -0.130. The predicted octanol–water partition coefficient (Wildman–Crippen LogP) is 0.131. The number of guanidine groups is 1. The van der Waals surface area contributed by atoms with Gasteiger partial charge in [-0.15, -0.1) is 11.7 Å². The minimum absolute atomic E-state index is 0.0880. The molecule has 3 amide bonds. The first-order valence-corrected chi connectivity index (χ1v) is 10.5. The second-order valence-electron chi connectivity index (χ2n) is 6.99. The number of nitrogens with two attached hydrogens (primary N) is 3. The summed E-state index contributed by atoms with van der Waals surface area (Å²) in [4.78, 5) is 34.5. The molecule has 0 radical (unpaired) electrons. The molecule has 2 unspecified atom stereocenters. The van der Waals surface area contributed by atoms with Crippen LogP contribution >= 0.6 is 0 Å². The van der Waals surface area contributed by atoms with Gasteiger partial charge in [0, 0.05) is 12.6 Å². The van der Waals surface area contributed by atoms with E-state index in [4.69, 9.17) is 17.4 Å². The van der Waals surface area contributed by atoms with Gasteiger partial charge in [-0.05, 0) is 32.1 Å². The zero-order valence-corrected chi connectivity index (χ0v) is 20.0. The van der Waals surface area contributed by atoms with Crippen LogP contribution in [0, 0.1) is 5.92 Å². The maximum absolute atomic E-state index is 11.4. The van der Waals surface area contributed by atoms with Crippen LogP contribution in [0.3, 0.4) is 0 Å². The Morgan fingerprint density at radius 2 is 1.84 bits per heavy atom. The van der Waals surface area contributed by atoms with Crippen molar-refractivity contribution in [2.24, 2.45) is 28.4 Å². The lowest BCUT2D eigenvalue weighted by atomic mass is 10.2. The van der Waals surface area contributed by atoms with Crippen molar-refractivity contribution in [3.05, 3.63) is 12.7 Å². The van der Waals surface area contributed by atoms with E-state index in [9.17, 15) is 14.4 Å². The number of hydrogen-bond acceptors (Lipinski definition) is 7. The number of rotatable bonds is 6. The van der Waals surface area contributed by atoms with Gasteiger partial charge in [-0.3, -0.25) is 25.1 Å². The van der Waals surface area contributed by atoms with E-state index < -0.39 is 11.9 Å². The number of amides is 3. The molecule has 1 aliphatic heterocycles. The Labute approximate surface area is 187 Å². The number of nitrogens with one attached hydrogen (secondary N) is 3. The number of carbonyl (C=O) groups is 3. The average Bonchev–Trinajstić information content (AvgIpc) is 3.18. The Kier molecular flexibility index (Phi) is 23.4. The van der Waals surface area contributed by atoms with Crippen molar-refractivity contribution in [1.82, 2.24) is 21.0 Å². The van der Waals surface area contributed by atoms with Crippen molar-refractivity contribution in [1.29, 1.82) is 0 Å². The zero-order chi connectivity index (χ0) is 24.8. The van der Waals surface area contributed by atoms with Gasteiger partial charge in [-0.25, -0.2) is 5.84 Å². The number of hydrogen-bond donors (Lipinski definition) is 6. The fourth-order valence-electron chi connectivity index (χ4n) is 2.23. The van der Waals surface area contributed by atoms with Crippen molar-refractivity contribution >= 4 is 24.2 Å². The Morgan fingerprint density at radius 1 is 1.29 bits per heavy atom. The molecular weight excluding hydrogens is 400 g/mol. The quantitative estimate of drug-likeness (QED) is 0.0840. The summed E-state index contributed by atoms with van der Waals surface area (Å²) in [6.07, 6.45) is 4.46. The van der Waals surface area contributed by atoms with Crippen LogP contribution in [0.5, 0.6) is 0 Å². The van der Waals surface area contributed by atoms with E-state index in [0.29, 0.717) is 12.5 Å². The molecule has 11 nitrogen and oxygen atoms in total. The van der Waals surface area contributed by atoms with E-state index in [2.05, 4.69) is 55.4 Å². The summed E-state index contributed by atoms with van der Waals surface area (Å²) >= 11 is 0. The van der Waals surface area contributed by atoms with Crippen LogP contribution in [-0.2, 0) is 14.4 Å². The maximum atomic E-state index is 11.4. The van der Waals surface area contributed by atoms with Gasteiger partial charge in [0.15, 0.2) is 0 Å². The molecule has 1 heterocycles. The molecule has 9 N–H and O–H groups in total. The minimum Gasteiger partial charge on any atom is -0.347 e. The Morgan fingerprint density at radius 3 is 2.16 bits per heavy atom. The number of likely N-dealkylation sites (tertiary alicyclic amines) is 1. The van der Waals surface area contributed by atoms with Crippen molar-refractivity contribution in [3.63, 3.8) is 0 Å². The summed E-state index contributed by atoms with van der Waals surface area (Å²) in [7, 11) is 0. The first-order chi connectivity index (χ1) is 14.7. The molecule has 0 aliphatic carbocycles. The molecule has 1 saturated heterocycles. The molecule has 0 bridgehead atoms. The molecule has 0 aromatic carbocycles. The Bertz CT molecular complexity index is 514. The van der Waals surface area contributed by atoms with E-state index in [1.807, 2.05) is 18.7 Å². The highest BCUT2D eigenvalue weighted by Crippen LogP contribution is 2.15. The van der Waals surface area contributed by atoms with Crippen molar-refractivity contribution in [2.75, 3.05) is 13.1 Å². The lowest BCUT2D eigenvalue weighted by Crippen LogP contribution is -2.51. The third-order valence-corrected chi connectivity index (χ3v) is 3.54. The Hall–Kier alpha value is -2.66. The fraction of sp³-hybridized carbons (Fsp3) is 0.700. The highest BCUT2D eigenvalue weighted by atomic mass is 16.2. The van der Waals surface area contributed by atoms with Gasteiger partial charge in [-0.1, -0.05) is 40.7 Å². The van der Waals surface area contributed by atoms with Crippen LogP contribution in [-0.4, -0.2) is 54.3 Å². The number of hydrazine groups is 1. The third kappa shape index (κ3) is 17.9. The van der Waals surface area contributed by atoms with Crippen molar-refractivity contribution in [2.45, 2.75) is 72.9 Å². The monoisotopic (exact) mass is 444 g/mol. The van der Waals surface area contributed by atoms with Crippen LogP contribution in [0.2, 0.25) is 0 Å². The molecular formula is C20H44N8O3. The summed E-state index contributed by atoms with van der Waals surface area (Å²) in [5.41, 5.74) is 7.30. The average molecular weight is 445 g/mol. The molecule has 1 aliphatic rings. The van der Waals surface area contributed by atoms with Crippen molar-refractivity contribution < 1.29 is 14.4 Å². The van der Waals surface area contributed by atoms with Crippen LogP contribution in [0.4, 0.5) is 0 Å². The normalized spacial score (nSPS) is 15.6. The predicted molar refractivity (Wildman–Crippen MR) is 126 cm³/mol. The molecule has 31 heavy (non-hydrogen) atoms. The first-order valence-electron chi connectivity index (χ1n) is 10.5. The van der Waals surface area contributed by atoms with E-state index in [1.54, 1.807) is 0 Å². The van der Waals surface area contributed by atoms with E-state index >= 15 is 0 Å². The van der Waals surface area contributed by atoms with Crippen LogP contribution < -0.4 is 33.5 Å². The second kappa shape index (κ2) is 22.0. The highest BCUT2D eigenvalue weighted by molar-refractivity contribution is 5.99. The topological polar surface area (TPSA) is 181 Å². The largest absolute Gasteiger partial charge is 0.347 e. The van der Waals surface area contributed by atoms with Crippen LogP contribution in [0.25, 0.3) is 0 Å². The lowest BCUT2D eigenvalue weighted by Gasteiger charge is -2.19. The van der Waals surface area contributed by atoms with E-state index in [-0.39, 0.29) is 24.8 Å². The molecule has 0 aromatic rings. The smallest absolute Gasteiger partial charge is 0.249 e. The minimum atomic E-state index is -0.731. The summed E-state index contributed by atoms with van der Waals surface area (Å²) in [5, 5.41) is 7.73. The van der Waals surface area contributed by atoms with Gasteiger partial charge in [-0.2, -0.15) is 0 Å². The summed E-state index contributed by atoms with van der Waals surface area (Å²) in [6.45, 7) is 17.1. The zero-order valence-electron chi connectivity index (χ0n) is 20.0. The molecule has 182 valence electrons. The second-order valence-corrected chi connectivity index (χ2v) is 6.99. The van der Waals surface area contributed by atoms with E-state index in [1.165, 1.54) is 6.08 Å². The summed E-state index contributed by atoms with van der Waals surface area (Å²) in [6, 6.07) is -0.318. The van der Waals surface area contributed by atoms with Gasteiger partial charge in [0.05, 0.1) is 6.54 Å². The number of hydrazone groups is 1. The molecule has 1 fully saturated rings. The number of carbonyl (C=O) groups excluding carboxylic acids is 3. The molecule has 0 aromatic heterocycles. The number of nitrogens with zero attached hydrogens (tertiary/aromatic N) is 2. The van der Waals surface area contributed by atoms with Gasteiger partial charge < -0.3 is 21.8 Å². The Balaban J connectivity index is -0.000000419. The third-order valence-electron chi connectivity index (χ3n) is 3.54. The molecule has 0 spiro atoms. The molecule has 2 atom stereocenters. The summed E-state index contributed by atoms with van der Waals surface area (Å²) in [5.74, 6) is 10.2. The van der Waals surface area contributed by atoms with Gasteiger partial charge >= 0.3 is 0 Å². The van der Waals surface area contributed by atoms with E-state index in [0.717, 1.165) is 25.3 Å². The highest BCUT2D eigenvalue weighted by Gasteiger charge is 2.23. The maximum Gasteiger partial charge on any atom is 0.249 e. The first kappa shape index (κ1) is 33.0. The summed E-state index contributed by atoms with van der Waals surface area (Å²) < 4.78 is 0. The molecule has 11 heteroatoms. The standard InChI is InChI=1S/C7H14N6O2.C7H14N2O.C4H10.C2H6/c1-2-3-5(10-4-14)6(15)11-7(12-8)13-9;1-6-3-2-4-9(6)7(10)5-8;1-4(2)3;1-2/h2,4-5H,1,3,8-9H2,(H,10,14)(H2,11,12,13,15);6H,2-5,8H2,1H3;4H,1-3H3;1-2H3. The van der Waals surface area contributed by atoms with Gasteiger partial charge in [0.2, 0.25) is 24.2 Å². The van der Waals surface area contributed by atoms with Crippen LogP contribution in [0.1, 0.15) is 60.8 Å². The molecule has 0 saturated carbocycles. The molecule has 1 rings (SSSR count). The van der Waals surface area contributed by atoms with Crippen LogP contribution in [0.15, 0.2) is 17.8 Å².